The van der Waals surface area contributed by atoms with Gasteiger partial charge in [0.15, 0.2) is 0 Å². The Bertz CT molecular complexity index is 2300. The predicted molar refractivity (Wildman–Crippen MR) is 242 cm³/mol. The topological polar surface area (TPSA) is 141 Å². The molecule has 1 aliphatic heterocycles. The third-order valence-corrected chi connectivity index (χ3v) is 12.6. The molecule has 0 saturated heterocycles. The van der Waals surface area contributed by atoms with Crippen molar-refractivity contribution < 1.29 is 33.4 Å². The molecule has 0 fully saturated rings. The first-order valence-corrected chi connectivity index (χ1v) is 23.2. The van der Waals surface area contributed by atoms with Gasteiger partial charge in [-0.2, -0.15) is 5.11 Å². The van der Waals surface area contributed by atoms with E-state index in [9.17, 15) is 24.2 Å². The third-order valence-electron chi connectivity index (χ3n) is 10.6. The molecule has 2 amide bonds. The molecule has 316 valence electrons. The molecule has 0 saturated carbocycles. The summed E-state index contributed by atoms with van der Waals surface area (Å²) in [6.45, 7) is 10.5. The largest absolute Gasteiger partial charge is 0.493 e. The highest BCUT2D eigenvalue weighted by molar-refractivity contribution is 7.54. The van der Waals surface area contributed by atoms with Crippen LogP contribution in [0.25, 0.3) is 11.1 Å². The number of nitrogens with zero attached hydrogens (tertiary/aromatic N) is 4. The fourth-order valence-electron chi connectivity index (χ4n) is 7.12. The van der Waals surface area contributed by atoms with Gasteiger partial charge in [0.05, 0.1) is 24.3 Å². The average Bonchev–Trinajstić information content (AvgIpc) is 3.52. The molecule has 1 aliphatic rings. The number of carbonyl (C=O) groups is 2. The Kier molecular flexibility index (Phi) is 15.7. The second kappa shape index (κ2) is 21.3. The number of aliphatic hydroxyl groups is 1. The second-order valence-corrected chi connectivity index (χ2v) is 17.6. The molecule has 4 atom stereocenters. The van der Waals surface area contributed by atoms with Crippen LogP contribution in [0.5, 0.6) is 11.5 Å². The molecular weight excluding hydrogens is 806 g/mol. The van der Waals surface area contributed by atoms with Crippen LogP contribution in [-0.2, 0) is 33.5 Å². The quantitative estimate of drug-likeness (QED) is 0.0244. The zero-order chi connectivity index (χ0) is 43.4. The lowest BCUT2D eigenvalue weighted by Crippen LogP contribution is -2.33. The number of imide groups is 1. The van der Waals surface area contributed by atoms with Gasteiger partial charge >= 0.3 is 0 Å². The third kappa shape index (κ3) is 12.1. The van der Waals surface area contributed by atoms with Crippen LogP contribution in [-0.4, -0.2) is 64.0 Å². The Labute approximate surface area is 359 Å². The zero-order valence-electron chi connectivity index (χ0n) is 34.7. The van der Waals surface area contributed by atoms with E-state index in [1.807, 2.05) is 121 Å². The molecule has 4 unspecified atom stereocenters. The van der Waals surface area contributed by atoms with E-state index in [4.69, 9.17) is 9.26 Å². The lowest BCUT2D eigenvalue weighted by molar-refractivity contribution is -0.135. The highest BCUT2D eigenvalue weighted by Gasteiger charge is 2.39. The number of rotatable bonds is 21. The molecule has 11 nitrogen and oxygen atoms in total. The van der Waals surface area contributed by atoms with Gasteiger partial charge in [0.25, 0.3) is 19.3 Å². The van der Waals surface area contributed by atoms with Crippen molar-refractivity contribution in [3.63, 3.8) is 0 Å². The fraction of sp³-hybridized carbons (Fsp3) is 0.250. The fourth-order valence-corrected chi connectivity index (χ4v) is 8.62. The number of aliphatic hydroxyl groups excluding tert-OH is 1. The van der Waals surface area contributed by atoms with Crippen LogP contribution in [0.2, 0.25) is 0 Å². The maximum absolute atomic E-state index is 13.7. The molecule has 0 spiro atoms. The SMILES string of the molecule is C=C(CC)C(COc1ccc(CCN2C(=O)C(c3ccccc3)=C(c3ccccc3)C2=O)cc1)c1ccc(CN=NPOc2ccc(CCN(C(C)O)P(C)(=O)O)cc2)cc1. The first kappa shape index (κ1) is 45.0. The van der Waals surface area contributed by atoms with Gasteiger partial charge in [0.1, 0.15) is 17.7 Å². The van der Waals surface area contributed by atoms with Gasteiger partial charge < -0.3 is 19.3 Å². The van der Waals surface area contributed by atoms with Gasteiger partial charge in [0, 0.05) is 25.7 Å². The van der Waals surface area contributed by atoms with Crippen molar-refractivity contribution in [1.82, 2.24) is 9.57 Å². The summed E-state index contributed by atoms with van der Waals surface area (Å²) in [5.74, 6) is 0.785. The van der Waals surface area contributed by atoms with Crippen molar-refractivity contribution in [1.29, 1.82) is 0 Å². The average molecular weight is 859 g/mol. The Morgan fingerprint density at radius 3 is 1.84 bits per heavy atom. The summed E-state index contributed by atoms with van der Waals surface area (Å²) in [6, 6.07) is 42.1. The van der Waals surface area contributed by atoms with E-state index in [1.165, 1.54) is 23.2 Å². The van der Waals surface area contributed by atoms with Gasteiger partial charge in [-0.25, -0.2) is 4.67 Å². The smallest absolute Gasteiger partial charge is 0.268 e. The van der Waals surface area contributed by atoms with Gasteiger partial charge in [-0.05, 0) is 83.8 Å². The first-order valence-electron chi connectivity index (χ1n) is 20.2. The highest BCUT2D eigenvalue weighted by atomic mass is 31.2. The van der Waals surface area contributed by atoms with Crippen molar-refractivity contribution in [3.05, 3.63) is 179 Å². The molecule has 1 heterocycles. The molecule has 5 aromatic carbocycles. The lowest BCUT2D eigenvalue weighted by atomic mass is 9.90. The molecular formula is C48H52N4O7P2. The minimum atomic E-state index is -3.56. The molecule has 0 bridgehead atoms. The van der Waals surface area contributed by atoms with Gasteiger partial charge in [-0.3, -0.25) is 19.1 Å². The molecule has 0 aliphatic carbocycles. The number of benzene rings is 5. The van der Waals surface area contributed by atoms with E-state index in [-0.39, 0.29) is 39.8 Å². The molecule has 0 radical (unpaired) electrons. The van der Waals surface area contributed by atoms with Gasteiger partial charge in [0.2, 0.25) is 8.96 Å². The van der Waals surface area contributed by atoms with Gasteiger partial charge in [-0.1, -0.05) is 128 Å². The van der Waals surface area contributed by atoms with Crippen LogP contribution in [0.3, 0.4) is 0 Å². The number of ether oxygens (including phenoxy) is 1. The van der Waals surface area contributed by atoms with Crippen LogP contribution in [0.4, 0.5) is 0 Å². The summed E-state index contributed by atoms with van der Waals surface area (Å²) in [4.78, 5) is 42.8. The van der Waals surface area contributed by atoms with E-state index >= 15 is 0 Å². The predicted octanol–water partition coefficient (Wildman–Crippen LogP) is 9.88. The summed E-state index contributed by atoms with van der Waals surface area (Å²) < 4.78 is 25.2. The summed E-state index contributed by atoms with van der Waals surface area (Å²) in [7, 11) is -3.76. The lowest BCUT2D eigenvalue weighted by Gasteiger charge is -2.27. The highest BCUT2D eigenvalue weighted by Crippen LogP contribution is 2.42. The van der Waals surface area contributed by atoms with E-state index in [0.29, 0.717) is 42.9 Å². The van der Waals surface area contributed by atoms with Crippen LogP contribution < -0.4 is 9.26 Å². The number of hydrogen-bond acceptors (Lipinski definition) is 8. The monoisotopic (exact) mass is 858 g/mol. The van der Waals surface area contributed by atoms with Crippen molar-refractivity contribution >= 4 is 39.4 Å². The molecule has 0 aromatic heterocycles. The zero-order valence-corrected chi connectivity index (χ0v) is 36.6. The second-order valence-electron chi connectivity index (χ2n) is 14.9. The Morgan fingerprint density at radius 2 is 1.31 bits per heavy atom. The number of carbonyl (C=O) groups excluding carboxylic acids is 2. The van der Waals surface area contributed by atoms with Crippen molar-refractivity contribution in [2.24, 2.45) is 10.00 Å². The summed E-state index contributed by atoms with van der Waals surface area (Å²) in [6.07, 6.45) is 0.799. The van der Waals surface area contributed by atoms with E-state index < -0.39 is 13.7 Å². The van der Waals surface area contributed by atoms with Crippen LogP contribution in [0, 0.1) is 0 Å². The van der Waals surface area contributed by atoms with E-state index in [1.54, 1.807) is 0 Å². The molecule has 2 N–H and O–H groups in total. The Morgan fingerprint density at radius 1 is 0.787 bits per heavy atom. The summed E-state index contributed by atoms with van der Waals surface area (Å²) >= 11 is 0. The summed E-state index contributed by atoms with van der Waals surface area (Å²) in [5, 5.41) is 14.1. The maximum atomic E-state index is 13.7. The van der Waals surface area contributed by atoms with Crippen molar-refractivity contribution in [2.45, 2.75) is 51.8 Å². The van der Waals surface area contributed by atoms with Crippen LogP contribution in [0.15, 0.2) is 156 Å². The van der Waals surface area contributed by atoms with Crippen LogP contribution in [0.1, 0.15) is 59.6 Å². The van der Waals surface area contributed by atoms with Crippen molar-refractivity contribution in [2.75, 3.05) is 26.4 Å². The summed E-state index contributed by atoms with van der Waals surface area (Å²) in [5.41, 5.74) is 7.42. The minimum absolute atomic E-state index is 0.0147. The van der Waals surface area contributed by atoms with Crippen LogP contribution >= 0.6 is 16.5 Å². The number of hydrogen-bond donors (Lipinski definition) is 2. The van der Waals surface area contributed by atoms with Crippen molar-refractivity contribution in [3.8, 4) is 11.5 Å². The molecule has 6 rings (SSSR count). The van der Waals surface area contributed by atoms with Gasteiger partial charge in [-0.15, -0.1) is 4.88 Å². The first-order chi connectivity index (χ1) is 29.4. The minimum Gasteiger partial charge on any atom is -0.493 e. The molecule has 61 heavy (non-hydrogen) atoms. The Balaban J connectivity index is 0.970. The standard InChI is InChI=1S/C48H52N4O7P2/c1-5-34(2)44(39-22-16-38(17-23-39)32-49-50-60-59-43-26-20-37(21-27-43)29-31-52(35(3)53)61(4,56)57)33-58-42-24-18-36(19-25-42)28-30-51-47(54)45(40-12-8-6-9-13-40)46(48(51)55)41-14-10-7-11-15-41/h6-27,35,44,53,60H,2,5,28-33H2,1,3-4H3,(H,56,57). The number of amides is 2. The maximum Gasteiger partial charge on any atom is 0.268 e. The van der Waals surface area contributed by atoms with E-state index in [0.717, 1.165) is 51.1 Å². The normalized spacial score (nSPS) is 15.2. The van der Waals surface area contributed by atoms with E-state index in [2.05, 4.69) is 35.6 Å². The Hall–Kier alpha value is -5.54. The molecule has 5 aromatic rings. The molecule has 13 heteroatoms.